The Morgan fingerprint density at radius 3 is 1.41 bits per heavy atom. The highest BCUT2D eigenvalue weighted by Gasteiger charge is 2.47. The van der Waals surface area contributed by atoms with Gasteiger partial charge in [-0.1, -0.05) is 90.6 Å². The molecule has 0 saturated carbocycles. The van der Waals surface area contributed by atoms with Gasteiger partial charge in [0.15, 0.2) is 0 Å². The van der Waals surface area contributed by atoms with Gasteiger partial charge < -0.3 is 20.1 Å². The average Bonchev–Trinajstić information content (AvgIpc) is 2.81. The van der Waals surface area contributed by atoms with Crippen molar-refractivity contribution in [3.8, 4) is 0 Å². The van der Waals surface area contributed by atoms with Crippen LogP contribution in [-0.4, -0.2) is 45.3 Å². The van der Waals surface area contributed by atoms with Crippen molar-refractivity contribution < 1.29 is 20.1 Å². The van der Waals surface area contributed by atoms with E-state index in [4.69, 9.17) is 4.74 Å². The molecule has 0 aromatic heterocycles. The van der Waals surface area contributed by atoms with Gasteiger partial charge in [-0.3, -0.25) is 0 Å². The molecule has 0 saturated heterocycles. The molecule has 0 fully saturated rings. The first-order chi connectivity index (χ1) is 17.2. The summed E-state index contributed by atoms with van der Waals surface area (Å²) in [5.41, 5.74) is 2.32. The van der Waals surface area contributed by atoms with Gasteiger partial charge in [0.05, 0.1) is 12.7 Å². The molecule has 0 aromatic carbocycles. The molecular formula is C33H48O4. The topological polar surface area (TPSA) is 69.9 Å². The average molecular weight is 509 g/mol. The van der Waals surface area contributed by atoms with Crippen molar-refractivity contribution in [3.63, 3.8) is 0 Å². The summed E-state index contributed by atoms with van der Waals surface area (Å²) in [6.45, 7) is 34.6. The van der Waals surface area contributed by atoms with Crippen molar-refractivity contribution in [1.82, 2.24) is 0 Å². The zero-order valence-electron chi connectivity index (χ0n) is 23.8. The molecule has 204 valence electrons. The molecule has 3 atom stereocenters. The van der Waals surface area contributed by atoms with E-state index in [1.165, 1.54) is 0 Å². The standard InChI is InChI=1S/C33H48O4/c1-13-25(9)18-32(17-23(5)6,19-26(10)14-2)37-33(20-27(11)15-3,21-28(12)16-4)30(24(7)8)31(36)29(35)22-34/h13-16,18-21,29-31,34-36H,1-5,7,17,22H2,6,8-12H3/b25-18+,26-19+,27-20+,28-21+. The highest BCUT2D eigenvalue weighted by Crippen LogP contribution is 2.43. The van der Waals surface area contributed by atoms with Crippen LogP contribution >= 0.6 is 0 Å². The maximum Gasteiger partial charge on any atom is 0.116 e. The second-order valence-corrected chi connectivity index (χ2v) is 9.98. The van der Waals surface area contributed by atoms with E-state index in [9.17, 15) is 15.3 Å². The summed E-state index contributed by atoms with van der Waals surface area (Å²) >= 11 is 0. The highest BCUT2D eigenvalue weighted by atomic mass is 16.5. The maximum absolute atomic E-state index is 11.3. The van der Waals surface area contributed by atoms with Gasteiger partial charge in [0, 0.05) is 12.3 Å². The fourth-order valence-electron chi connectivity index (χ4n) is 4.37. The minimum atomic E-state index is -1.43. The van der Waals surface area contributed by atoms with Crippen molar-refractivity contribution >= 4 is 0 Å². The van der Waals surface area contributed by atoms with E-state index < -0.39 is 35.9 Å². The van der Waals surface area contributed by atoms with E-state index in [2.05, 4.69) is 39.5 Å². The lowest BCUT2D eigenvalue weighted by Gasteiger charge is -2.46. The van der Waals surface area contributed by atoms with Crippen molar-refractivity contribution in [2.75, 3.05) is 6.61 Å². The third-order valence-corrected chi connectivity index (χ3v) is 6.02. The van der Waals surface area contributed by atoms with Crippen molar-refractivity contribution in [2.45, 2.75) is 71.4 Å². The number of rotatable bonds is 17. The lowest BCUT2D eigenvalue weighted by molar-refractivity contribution is -0.127. The van der Waals surface area contributed by atoms with Gasteiger partial charge >= 0.3 is 0 Å². The molecule has 0 spiro atoms. The minimum Gasteiger partial charge on any atom is -0.394 e. The van der Waals surface area contributed by atoms with Gasteiger partial charge in [-0.2, -0.15) is 0 Å². The summed E-state index contributed by atoms with van der Waals surface area (Å²) in [5.74, 6) is -0.862. The van der Waals surface area contributed by atoms with Gasteiger partial charge in [-0.15, -0.1) is 6.58 Å². The Hall–Kier alpha value is -2.76. The van der Waals surface area contributed by atoms with Crippen molar-refractivity contribution in [1.29, 1.82) is 0 Å². The van der Waals surface area contributed by atoms with Crippen LogP contribution in [0.2, 0.25) is 0 Å². The second kappa shape index (κ2) is 15.5. The van der Waals surface area contributed by atoms with Crippen molar-refractivity contribution in [2.24, 2.45) is 5.92 Å². The molecule has 4 nitrogen and oxygen atoms in total. The fraction of sp³-hybridized carbons (Fsp3) is 0.394. The summed E-state index contributed by atoms with van der Waals surface area (Å²) < 4.78 is 7.19. The molecule has 0 radical (unpaired) electrons. The van der Waals surface area contributed by atoms with E-state index in [0.29, 0.717) is 12.0 Å². The third kappa shape index (κ3) is 10.3. The van der Waals surface area contributed by atoms with Crippen LogP contribution in [0.3, 0.4) is 0 Å². The molecular weight excluding hydrogens is 460 g/mol. The molecule has 0 aliphatic carbocycles. The number of ether oxygens (including phenoxy) is 1. The van der Waals surface area contributed by atoms with Crippen LogP contribution in [0.5, 0.6) is 0 Å². The van der Waals surface area contributed by atoms with Gasteiger partial charge in [0.25, 0.3) is 0 Å². The van der Waals surface area contributed by atoms with Crippen LogP contribution in [0.25, 0.3) is 0 Å². The summed E-state index contributed by atoms with van der Waals surface area (Å²) in [7, 11) is 0. The molecule has 3 unspecified atom stereocenters. The highest BCUT2D eigenvalue weighted by molar-refractivity contribution is 5.38. The van der Waals surface area contributed by atoms with Crippen LogP contribution < -0.4 is 0 Å². The monoisotopic (exact) mass is 508 g/mol. The quantitative estimate of drug-likeness (QED) is 0.148. The Morgan fingerprint density at radius 2 is 1.11 bits per heavy atom. The molecule has 0 aliphatic heterocycles. The van der Waals surface area contributed by atoms with E-state index >= 15 is 0 Å². The van der Waals surface area contributed by atoms with Crippen molar-refractivity contribution in [3.05, 3.63) is 122 Å². The van der Waals surface area contributed by atoms with Crippen LogP contribution in [0.15, 0.2) is 122 Å². The zero-order valence-corrected chi connectivity index (χ0v) is 23.8. The Bertz CT molecular complexity index is 938. The third-order valence-electron chi connectivity index (χ3n) is 6.02. The van der Waals surface area contributed by atoms with E-state index in [1.54, 1.807) is 31.2 Å². The first kappa shape index (κ1) is 34.2. The number of aliphatic hydroxyl groups excluding tert-OH is 3. The number of aliphatic hydroxyl groups is 3. The Kier molecular flexibility index (Phi) is 14.3. The summed E-state index contributed by atoms with van der Waals surface area (Å²) in [6, 6.07) is 0. The Balaban J connectivity index is 8.08. The van der Waals surface area contributed by atoms with Crippen LogP contribution in [0, 0.1) is 5.92 Å². The first-order valence-corrected chi connectivity index (χ1v) is 12.4. The normalized spacial score (nSPS) is 17.8. The lowest BCUT2D eigenvalue weighted by atomic mass is 9.74. The number of hydrogen-bond donors (Lipinski definition) is 3. The maximum atomic E-state index is 11.3. The van der Waals surface area contributed by atoms with Crippen LogP contribution in [0.4, 0.5) is 0 Å². The smallest absolute Gasteiger partial charge is 0.116 e. The number of hydrogen-bond acceptors (Lipinski definition) is 4. The van der Waals surface area contributed by atoms with Gasteiger partial charge in [-0.25, -0.2) is 0 Å². The van der Waals surface area contributed by atoms with Crippen LogP contribution in [0.1, 0.15) is 48.0 Å². The molecule has 4 heteroatoms. The van der Waals surface area contributed by atoms with Gasteiger partial charge in [-0.05, 0) is 65.8 Å². The van der Waals surface area contributed by atoms with E-state index in [0.717, 1.165) is 27.9 Å². The lowest BCUT2D eigenvalue weighted by Crippen LogP contribution is -2.53. The zero-order chi connectivity index (χ0) is 29.0. The Morgan fingerprint density at radius 1 is 0.730 bits per heavy atom. The van der Waals surface area contributed by atoms with Gasteiger partial charge in [0.2, 0.25) is 0 Å². The van der Waals surface area contributed by atoms with Crippen LogP contribution in [-0.2, 0) is 4.74 Å². The van der Waals surface area contributed by atoms with E-state index in [1.807, 2.05) is 58.9 Å². The van der Waals surface area contributed by atoms with E-state index in [-0.39, 0.29) is 0 Å². The number of allylic oxidation sites excluding steroid dienone is 8. The largest absolute Gasteiger partial charge is 0.394 e. The SMILES string of the molecule is C=C/C(C)=C/C(/C=C(\C)C=C)(CC(=C)C)OC(/C=C(\C)C=C)(/C=C(\C)C=C)C(C(=C)C)C(O)C(O)CO. The molecule has 0 rings (SSSR count). The predicted molar refractivity (Wildman–Crippen MR) is 159 cm³/mol. The molecule has 0 heterocycles. The predicted octanol–water partition coefficient (Wildman–Crippen LogP) is 6.88. The molecule has 3 N–H and O–H groups in total. The molecule has 37 heavy (non-hydrogen) atoms. The molecule has 0 bridgehead atoms. The molecule has 0 amide bonds. The van der Waals surface area contributed by atoms with Gasteiger partial charge in [0.1, 0.15) is 17.3 Å². The molecule has 0 aliphatic rings. The molecule has 0 aromatic rings. The first-order valence-electron chi connectivity index (χ1n) is 12.4. The fourth-order valence-corrected chi connectivity index (χ4v) is 4.37. The summed E-state index contributed by atoms with van der Waals surface area (Å²) in [5, 5.41) is 31.6. The Labute approximate surface area is 225 Å². The second-order valence-electron chi connectivity index (χ2n) is 9.98. The minimum absolute atomic E-state index is 0.411. The summed E-state index contributed by atoms with van der Waals surface area (Å²) in [4.78, 5) is 0. The summed E-state index contributed by atoms with van der Waals surface area (Å²) in [6.07, 6.45) is 12.1.